The molecule has 0 heterocycles. The Balaban J connectivity index is 3.57. The van der Waals surface area contributed by atoms with Gasteiger partial charge in [-0.25, -0.2) is 0 Å². The van der Waals surface area contributed by atoms with Crippen LogP contribution in [0.25, 0.3) is 0 Å². The molecule has 14 heavy (non-hydrogen) atoms. The van der Waals surface area contributed by atoms with E-state index in [-0.39, 0.29) is 5.97 Å². The van der Waals surface area contributed by atoms with Crippen LogP contribution in [0.4, 0.5) is 0 Å². The lowest BCUT2D eigenvalue weighted by Crippen LogP contribution is -2.32. The zero-order valence-corrected chi connectivity index (χ0v) is 10.8. The van der Waals surface area contributed by atoms with E-state index in [0.29, 0.717) is 13.0 Å². The maximum atomic E-state index is 11.0. The van der Waals surface area contributed by atoms with Gasteiger partial charge in [0.1, 0.15) is 0 Å². The lowest BCUT2D eigenvalue weighted by Gasteiger charge is -2.21. The summed E-state index contributed by atoms with van der Waals surface area (Å²) >= 11 is 0. The van der Waals surface area contributed by atoms with Gasteiger partial charge in [0.25, 0.3) is 0 Å². The number of esters is 1. The van der Waals surface area contributed by atoms with E-state index in [9.17, 15) is 4.79 Å². The minimum absolute atomic E-state index is 0.0891. The summed E-state index contributed by atoms with van der Waals surface area (Å²) in [7, 11) is -1.57. The molecule has 84 valence electrons. The summed E-state index contributed by atoms with van der Waals surface area (Å²) in [6.45, 7) is 9.52. The van der Waals surface area contributed by atoms with Gasteiger partial charge in [-0.15, -0.1) is 0 Å². The van der Waals surface area contributed by atoms with Gasteiger partial charge in [-0.2, -0.15) is 0 Å². The molecular formula is C10H22O3Si. The second-order valence-corrected chi connectivity index (χ2v) is 8.22. The number of rotatable bonds is 7. The van der Waals surface area contributed by atoms with E-state index in [1.165, 1.54) is 0 Å². The molecule has 0 N–H and O–H groups in total. The Bertz CT molecular complexity index is 169. The monoisotopic (exact) mass is 218 g/mol. The third-order valence-electron chi connectivity index (χ3n) is 1.96. The fourth-order valence-corrected chi connectivity index (χ4v) is 2.67. The summed E-state index contributed by atoms with van der Waals surface area (Å²) in [5, 5.41) is 0. The van der Waals surface area contributed by atoms with E-state index < -0.39 is 8.32 Å². The van der Waals surface area contributed by atoms with Crippen LogP contribution in [-0.4, -0.2) is 27.5 Å². The molecule has 0 radical (unpaired) electrons. The van der Waals surface area contributed by atoms with Crippen molar-refractivity contribution in [1.29, 1.82) is 0 Å². The summed E-state index contributed by atoms with van der Waals surface area (Å²) in [6.07, 6.45) is 1.38. The highest BCUT2D eigenvalue weighted by Crippen LogP contribution is 2.10. The zero-order valence-electron chi connectivity index (χ0n) is 9.76. The van der Waals surface area contributed by atoms with Crippen molar-refractivity contribution >= 4 is 14.3 Å². The summed E-state index contributed by atoms with van der Waals surface area (Å²) in [5.41, 5.74) is 0. The van der Waals surface area contributed by atoms with E-state index >= 15 is 0 Å². The Morgan fingerprint density at radius 1 is 1.29 bits per heavy atom. The Morgan fingerprint density at radius 3 is 2.43 bits per heavy atom. The number of hydrogen-bond donors (Lipinski definition) is 0. The van der Waals surface area contributed by atoms with E-state index in [1.807, 2.05) is 13.8 Å². The van der Waals surface area contributed by atoms with Gasteiger partial charge in [-0.1, -0.05) is 6.92 Å². The van der Waals surface area contributed by atoms with Crippen molar-refractivity contribution in [2.45, 2.75) is 45.8 Å². The average molecular weight is 218 g/mol. The molecule has 0 aromatic heterocycles. The maximum Gasteiger partial charge on any atom is 0.305 e. The van der Waals surface area contributed by atoms with Gasteiger partial charge >= 0.3 is 5.97 Å². The van der Waals surface area contributed by atoms with E-state index in [0.717, 1.165) is 19.1 Å². The van der Waals surface area contributed by atoms with Crippen LogP contribution in [-0.2, 0) is 14.0 Å². The molecule has 0 unspecified atom stereocenters. The lowest BCUT2D eigenvalue weighted by molar-refractivity contribution is -0.143. The standard InChI is InChI=1S/C10H22O3Si/c1-5-7-10(11)12-8-9-14(3,4)13-6-2/h5-9H2,1-4H3. The SMILES string of the molecule is CCCC(=O)OCC[Si](C)(C)OCC. The first-order valence-corrected chi connectivity index (χ1v) is 8.43. The first-order valence-electron chi connectivity index (χ1n) is 5.31. The molecular weight excluding hydrogens is 196 g/mol. The van der Waals surface area contributed by atoms with Crippen LogP contribution in [0.3, 0.4) is 0 Å². The van der Waals surface area contributed by atoms with Crippen molar-refractivity contribution in [1.82, 2.24) is 0 Å². The molecule has 0 aliphatic heterocycles. The molecule has 0 saturated heterocycles. The second kappa shape index (κ2) is 7.01. The van der Waals surface area contributed by atoms with Crippen molar-refractivity contribution in [3.8, 4) is 0 Å². The summed E-state index contributed by atoms with van der Waals surface area (Å²) in [4.78, 5) is 11.0. The Morgan fingerprint density at radius 2 is 1.93 bits per heavy atom. The van der Waals surface area contributed by atoms with Crippen molar-refractivity contribution in [2.75, 3.05) is 13.2 Å². The molecule has 0 spiro atoms. The van der Waals surface area contributed by atoms with E-state index in [1.54, 1.807) is 0 Å². The van der Waals surface area contributed by atoms with Crippen molar-refractivity contribution in [2.24, 2.45) is 0 Å². The molecule has 0 aliphatic rings. The first kappa shape index (κ1) is 13.6. The Hall–Kier alpha value is -0.353. The molecule has 0 fully saturated rings. The van der Waals surface area contributed by atoms with E-state index in [4.69, 9.17) is 9.16 Å². The minimum Gasteiger partial charge on any atom is -0.466 e. The highest BCUT2D eigenvalue weighted by Gasteiger charge is 2.21. The molecule has 0 saturated carbocycles. The number of ether oxygens (including phenoxy) is 1. The van der Waals surface area contributed by atoms with Crippen LogP contribution < -0.4 is 0 Å². The molecule has 0 aromatic rings. The zero-order chi connectivity index (χ0) is 11.0. The normalized spacial score (nSPS) is 11.4. The molecule has 0 bridgehead atoms. The highest BCUT2D eigenvalue weighted by atomic mass is 28.4. The third kappa shape index (κ3) is 7.09. The minimum atomic E-state index is -1.57. The second-order valence-electron chi connectivity index (χ2n) is 3.91. The van der Waals surface area contributed by atoms with Crippen LogP contribution in [0.15, 0.2) is 0 Å². The molecule has 4 heteroatoms. The predicted octanol–water partition coefficient (Wildman–Crippen LogP) is 2.57. The van der Waals surface area contributed by atoms with Crippen molar-refractivity contribution in [3.63, 3.8) is 0 Å². The summed E-state index contributed by atoms with van der Waals surface area (Å²) < 4.78 is 10.7. The highest BCUT2D eigenvalue weighted by molar-refractivity contribution is 6.71. The van der Waals surface area contributed by atoms with Gasteiger partial charge < -0.3 is 9.16 Å². The predicted molar refractivity (Wildman–Crippen MR) is 59.8 cm³/mol. The van der Waals surface area contributed by atoms with Crippen LogP contribution in [0.1, 0.15) is 26.7 Å². The van der Waals surface area contributed by atoms with Crippen LogP contribution in [0.2, 0.25) is 19.1 Å². The fourth-order valence-electron chi connectivity index (χ4n) is 1.15. The van der Waals surface area contributed by atoms with Gasteiger partial charge in [0, 0.05) is 19.1 Å². The van der Waals surface area contributed by atoms with Gasteiger partial charge in [-0.05, 0) is 26.4 Å². The third-order valence-corrected chi connectivity index (χ3v) is 4.43. The number of carbonyl (C=O) groups excluding carboxylic acids is 1. The van der Waals surface area contributed by atoms with Gasteiger partial charge in [0.2, 0.25) is 0 Å². The number of carbonyl (C=O) groups is 1. The molecule has 0 rings (SSSR count). The van der Waals surface area contributed by atoms with Crippen LogP contribution in [0, 0.1) is 0 Å². The molecule has 0 aliphatic carbocycles. The van der Waals surface area contributed by atoms with Gasteiger partial charge in [-0.3, -0.25) is 4.79 Å². The van der Waals surface area contributed by atoms with Crippen LogP contribution >= 0.6 is 0 Å². The first-order chi connectivity index (χ1) is 6.52. The average Bonchev–Trinajstić information content (AvgIpc) is 2.03. The topological polar surface area (TPSA) is 35.5 Å². The van der Waals surface area contributed by atoms with Crippen LogP contribution in [0.5, 0.6) is 0 Å². The molecule has 0 amide bonds. The molecule has 3 nitrogen and oxygen atoms in total. The molecule has 0 atom stereocenters. The van der Waals surface area contributed by atoms with E-state index in [2.05, 4.69) is 13.1 Å². The quantitative estimate of drug-likeness (QED) is 0.486. The van der Waals surface area contributed by atoms with Crippen molar-refractivity contribution in [3.05, 3.63) is 0 Å². The fraction of sp³-hybridized carbons (Fsp3) is 0.900. The maximum absolute atomic E-state index is 11.0. The Labute approximate surface area is 87.9 Å². The van der Waals surface area contributed by atoms with Gasteiger partial charge in [0.05, 0.1) is 6.61 Å². The summed E-state index contributed by atoms with van der Waals surface area (Å²) in [6, 6.07) is 0.885. The summed E-state index contributed by atoms with van der Waals surface area (Å²) in [5.74, 6) is -0.0891. The smallest absolute Gasteiger partial charge is 0.305 e. The Kier molecular flexibility index (Phi) is 6.83. The van der Waals surface area contributed by atoms with Gasteiger partial charge in [0.15, 0.2) is 8.32 Å². The number of hydrogen-bond acceptors (Lipinski definition) is 3. The molecule has 0 aromatic carbocycles. The lowest BCUT2D eigenvalue weighted by atomic mass is 10.3. The van der Waals surface area contributed by atoms with Crippen molar-refractivity contribution < 1.29 is 14.0 Å². The largest absolute Gasteiger partial charge is 0.466 e.